The van der Waals surface area contributed by atoms with Crippen LogP contribution in [-0.4, -0.2) is 39.5 Å². The summed E-state index contributed by atoms with van der Waals surface area (Å²) in [6.45, 7) is 4.37. The molecule has 1 unspecified atom stereocenters. The zero-order chi connectivity index (χ0) is 19.2. The molecule has 2 aromatic rings. The van der Waals surface area contributed by atoms with Gasteiger partial charge in [-0.2, -0.15) is 0 Å². The molecule has 0 bridgehead atoms. The molecule has 0 radical (unpaired) electrons. The summed E-state index contributed by atoms with van der Waals surface area (Å²) in [5, 5.41) is 14.1. The Morgan fingerprint density at radius 2 is 1.96 bits per heavy atom. The first-order valence-electron chi connectivity index (χ1n) is 9.36. The number of hydrogen-bond donors (Lipinski definition) is 2. The standard InChI is InChI=1S/C20H25N5O2/c1-3-17-9-4-5-12-25(17)20(27)18-10-11-19(24-23-18)22-16-8-6-7-15(13-16)21-14(2)26/h6-8,10-11,13,17H,3-5,9,12H2,1-2H3,(H,21,26)(H,22,24). The van der Waals surface area contributed by atoms with Crippen LogP contribution in [0.5, 0.6) is 0 Å². The highest BCUT2D eigenvalue weighted by atomic mass is 16.2. The first kappa shape index (κ1) is 18.8. The van der Waals surface area contributed by atoms with Gasteiger partial charge in [-0.1, -0.05) is 13.0 Å². The summed E-state index contributed by atoms with van der Waals surface area (Å²) in [5.74, 6) is 0.364. The van der Waals surface area contributed by atoms with E-state index in [-0.39, 0.29) is 11.8 Å². The van der Waals surface area contributed by atoms with Gasteiger partial charge in [-0.25, -0.2) is 0 Å². The molecule has 7 nitrogen and oxygen atoms in total. The van der Waals surface area contributed by atoms with Gasteiger partial charge in [0, 0.05) is 30.9 Å². The molecular formula is C20H25N5O2. The van der Waals surface area contributed by atoms with Crippen molar-refractivity contribution < 1.29 is 9.59 Å². The van der Waals surface area contributed by atoms with E-state index in [1.54, 1.807) is 12.1 Å². The van der Waals surface area contributed by atoms with E-state index in [9.17, 15) is 9.59 Å². The monoisotopic (exact) mass is 367 g/mol. The van der Waals surface area contributed by atoms with E-state index in [0.717, 1.165) is 31.5 Å². The summed E-state index contributed by atoms with van der Waals surface area (Å²) in [4.78, 5) is 25.8. The van der Waals surface area contributed by atoms with Gasteiger partial charge >= 0.3 is 0 Å². The Morgan fingerprint density at radius 3 is 2.67 bits per heavy atom. The van der Waals surface area contributed by atoms with Gasteiger partial charge in [-0.05, 0) is 56.0 Å². The molecule has 2 N–H and O–H groups in total. The fraction of sp³-hybridized carbons (Fsp3) is 0.400. The zero-order valence-corrected chi connectivity index (χ0v) is 15.7. The van der Waals surface area contributed by atoms with Crippen LogP contribution in [0.4, 0.5) is 17.2 Å². The van der Waals surface area contributed by atoms with E-state index >= 15 is 0 Å². The molecule has 7 heteroatoms. The van der Waals surface area contributed by atoms with E-state index in [1.165, 1.54) is 13.3 Å². The maximum absolute atomic E-state index is 12.7. The molecule has 1 saturated heterocycles. The Balaban J connectivity index is 1.68. The van der Waals surface area contributed by atoms with Gasteiger partial charge < -0.3 is 15.5 Å². The summed E-state index contributed by atoms with van der Waals surface area (Å²) in [7, 11) is 0. The lowest BCUT2D eigenvalue weighted by Gasteiger charge is -2.34. The third kappa shape index (κ3) is 4.81. The van der Waals surface area contributed by atoms with Crippen molar-refractivity contribution in [2.75, 3.05) is 17.2 Å². The zero-order valence-electron chi connectivity index (χ0n) is 15.7. The van der Waals surface area contributed by atoms with Crippen LogP contribution in [0.15, 0.2) is 36.4 Å². The second-order valence-corrected chi connectivity index (χ2v) is 6.75. The first-order chi connectivity index (χ1) is 13.1. The quantitative estimate of drug-likeness (QED) is 0.843. The van der Waals surface area contributed by atoms with Crippen molar-refractivity contribution in [1.82, 2.24) is 15.1 Å². The number of rotatable bonds is 5. The fourth-order valence-electron chi connectivity index (χ4n) is 3.38. The normalized spacial score (nSPS) is 16.7. The van der Waals surface area contributed by atoms with E-state index < -0.39 is 0 Å². The van der Waals surface area contributed by atoms with Gasteiger partial charge in [0.1, 0.15) is 0 Å². The minimum absolute atomic E-state index is 0.0479. The predicted octanol–water partition coefficient (Wildman–Crippen LogP) is 3.58. The summed E-state index contributed by atoms with van der Waals surface area (Å²) in [6.07, 6.45) is 4.23. The predicted molar refractivity (Wildman–Crippen MR) is 105 cm³/mol. The third-order valence-corrected chi connectivity index (χ3v) is 4.70. The highest BCUT2D eigenvalue weighted by Gasteiger charge is 2.27. The number of carbonyl (C=O) groups is 2. The van der Waals surface area contributed by atoms with Gasteiger partial charge in [0.25, 0.3) is 5.91 Å². The second-order valence-electron chi connectivity index (χ2n) is 6.75. The number of carbonyl (C=O) groups excluding carboxylic acids is 2. The van der Waals surface area contributed by atoms with Gasteiger partial charge in [-0.3, -0.25) is 9.59 Å². The maximum Gasteiger partial charge on any atom is 0.274 e. The number of nitrogens with zero attached hydrogens (tertiary/aromatic N) is 3. The lowest BCUT2D eigenvalue weighted by molar-refractivity contribution is -0.114. The molecule has 3 rings (SSSR count). The number of nitrogens with one attached hydrogen (secondary N) is 2. The Bertz CT molecular complexity index is 806. The molecule has 2 heterocycles. The van der Waals surface area contributed by atoms with Crippen molar-refractivity contribution in [3.8, 4) is 0 Å². The van der Waals surface area contributed by atoms with E-state index in [2.05, 4.69) is 27.8 Å². The molecular weight excluding hydrogens is 342 g/mol. The summed E-state index contributed by atoms with van der Waals surface area (Å²) >= 11 is 0. The highest BCUT2D eigenvalue weighted by molar-refractivity contribution is 5.92. The topological polar surface area (TPSA) is 87.2 Å². The molecule has 1 atom stereocenters. The van der Waals surface area contributed by atoms with Crippen molar-refractivity contribution >= 4 is 29.0 Å². The van der Waals surface area contributed by atoms with Crippen LogP contribution in [0, 0.1) is 0 Å². The van der Waals surface area contributed by atoms with Crippen LogP contribution in [0.25, 0.3) is 0 Å². The first-order valence-corrected chi connectivity index (χ1v) is 9.36. The van der Waals surface area contributed by atoms with Crippen LogP contribution in [0.1, 0.15) is 50.0 Å². The van der Waals surface area contributed by atoms with Crippen LogP contribution >= 0.6 is 0 Å². The lowest BCUT2D eigenvalue weighted by atomic mass is 9.99. The molecule has 1 aliphatic heterocycles. The molecule has 1 aromatic heterocycles. The molecule has 142 valence electrons. The molecule has 27 heavy (non-hydrogen) atoms. The number of anilines is 3. The number of amides is 2. The molecule has 2 amide bonds. The second kappa shape index (κ2) is 8.62. The van der Waals surface area contributed by atoms with Crippen LogP contribution < -0.4 is 10.6 Å². The van der Waals surface area contributed by atoms with Gasteiger partial charge in [-0.15, -0.1) is 10.2 Å². The molecule has 1 aromatic carbocycles. The van der Waals surface area contributed by atoms with Crippen LogP contribution in [-0.2, 0) is 4.79 Å². The SMILES string of the molecule is CCC1CCCCN1C(=O)c1ccc(Nc2cccc(NC(C)=O)c2)nn1. The number of likely N-dealkylation sites (tertiary alicyclic amines) is 1. The smallest absolute Gasteiger partial charge is 0.274 e. The average molecular weight is 367 g/mol. The van der Waals surface area contributed by atoms with Crippen molar-refractivity contribution in [3.05, 3.63) is 42.1 Å². The van der Waals surface area contributed by atoms with Crippen molar-refractivity contribution in [2.24, 2.45) is 0 Å². The van der Waals surface area contributed by atoms with Gasteiger partial charge in [0.2, 0.25) is 5.91 Å². The van der Waals surface area contributed by atoms with Crippen molar-refractivity contribution in [1.29, 1.82) is 0 Å². The van der Waals surface area contributed by atoms with E-state index in [4.69, 9.17) is 0 Å². The summed E-state index contributed by atoms with van der Waals surface area (Å²) < 4.78 is 0. The van der Waals surface area contributed by atoms with E-state index in [0.29, 0.717) is 23.2 Å². The minimum Gasteiger partial charge on any atom is -0.339 e. The van der Waals surface area contributed by atoms with Crippen molar-refractivity contribution in [3.63, 3.8) is 0 Å². The Kier molecular flexibility index (Phi) is 6.01. The third-order valence-electron chi connectivity index (χ3n) is 4.70. The van der Waals surface area contributed by atoms with Crippen LogP contribution in [0.2, 0.25) is 0 Å². The fourth-order valence-corrected chi connectivity index (χ4v) is 3.38. The number of aromatic nitrogens is 2. The van der Waals surface area contributed by atoms with E-state index in [1.807, 2.05) is 29.2 Å². The largest absolute Gasteiger partial charge is 0.339 e. The molecule has 1 fully saturated rings. The number of benzene rings is 1. The van der Waals surface area contributed by atoms with Gasteiger partial charge in [0.05, 0.1) is 0 Å². The number of piperidine rings is 1. The molecule has 1 aliphatic rings. The molecule has 0 saturated carbocycles. The molecule has 0 spiro atoms. The Morgan fingerprint density at radius 1 is 1.15 bits per heavy atom. The molecule has 0 aliphatic carbocycles. The van der Waals surface area contributed by atoms with Crippen molar-refractivity contribution in [2.45, 2.75) is 45.6 Å². The maximum atomic E-state index is 12.7. The minimum atomic E-state index is -0.127. The highest BCUT2D eigenvalue weighted by Crippen LogP contribution is 2.22. The van der Waals surface area contributed by atoms with Gasteiger partial charge in [0.15, 0.2) is 11.5 Å². The Hall–Kier alpha value is -2.96. The Labute approximate surface area is 159 Å². The lowest BCUT2D eigenvalue weighted by Crippen LogP contribution is -2.43. The average Bonchev–Trinajstić information content (AvgIpc) is 2.68. The summed E-state index contributed by atoms with van der Waals surface area (Å²) in [5.41, 5.74) is 1.84. The number of hydrogen-bond acceptors (Lipinski definition) is 5. The summed E-state index contributed by atoms with van der Waals surface area (Å²) in [6, 6.07) is 11.1. The van der Waals surface area contributed by atoms with Crippen LogP contribution in [0.3, 0.4) is 0 Å².